The Morgan fingerprint density at radius 2 is 1.50 bits per heavy atom. The van der Waals surface area contributed by atoms with Crippen LogP contribution in [-0.4, -0.2) is 0 Å². The summed E-state index contributed by atoms with van der Waals surface area (Å²) in [5.74, 6) is 0. The average molecular weight is 183 g/mol. The van der Waals surface area contributed by atoms with Gasteiger partial charge in [0.05, 0.1) is 0 Å². The van der Waals surface area contributed by atoms with Gasteiger partial charge in [-0.05, 0) is 0 Å². The van der Waals surface area contributed by atoms with Crippen LogP contribution in [0.1, 0.15) is 0 Å². The summed E-state index contributed by atoms with van der Waals surface area (Å²) in [5, 5.41) is -1.12. The summed E-state index contributed by atoms with van der Waals surface area (Å²) in [4.78, 5) is 0. The maximum absolute atomic E-state index is 5.06. The van der Waals surface area contributed by atoms with E-state index in [0.29, 0.717) is 0 Å². The van der Waals surface area contributed by atoms with Crippen molar-refractivity contribution in [2.24, 2.45) is 0 Å². The summed E-state index contributed by atoms with van der Waals surface area (Å²) < 4.78 is 0. The van der Waals surface area contributed by atoms with E-state index in [1.54, 1.807) is 0 Å². The van der Waals surface area contributed by atoms with Gasteiger partial charge in [0, 0.05) is 0 Å². The fourth-order valence-electron chi connectivity index (χ4n) is 0. The summed E-state index contributed by atoms with van der Waals surface area (Å²) >= 11 is 13.0. The first kappa shape index (κ1) is 5.49. The first-order valence-corrected chi connectivity index (χ1v) is 6.35. The molecule has 0 aromatic carbocycles. The van der Waals surface area contributed by atoms with Crippen LogP contribution in [0.15, 0.2) is 0 Å². The molecule has 0 saturated carbocycles. The lowest BCUT2D eigenvalue weighted by atomic mass is 30.5. The molecule has 0 aliphatic rings. The van der Waals surface area contributed by atoms with Crippen molar-refractivity contribution in [1.29, 1.82) is 0 Å². The number of hydrogen-bond donors (Lipinski definition) is 0. The fourth-order valence-corrected chi connectivity index (χ4v) is 0. The molecule has 4 heavy (non-hydrogen) atoms. The second kappa shape index (κ2) is 2.71. The molecule has 0 bridgehead atoms. The normalized spacial score (nSPS) is 9.00. The van der Waals surface area contributed by atoms with Gasteiger partial charge in [-0.1, -0.05) is 0 Å². The van der Waals surface area contributed by atoms with Crippen LogP contribution < -0.4 is 0 Å². The van der Waals surface area contributed by atoms with Crippen LogP contribution in [0.2, 0.25) is 0 Å². The van der Waals surface area contributed by atoms with Gasteiger partial charge in [0.1, 0.15) is 22.5 Å². The van der Waals surface area contributed by atoms with Crippen molar-refractivity contribution in [2.75, 3.05) is 0 Å². The molecular weight excluding hydrogens is 182 g/mol. The Labute approximate surface area is 43.5 Å². The minimum atomic E-state index is -1.12. The maximum Gasteiger partial charge on any atom is 0.267 e. The number of hydrogen-bond acceptors (Lipinski definition) is 0. The standard InChI is InChI=1S/BrCl2P/c1-4(2)3/p+1. The van der Waals surface area contributed by atoms with E-state index in [2.05, 4.69) is 15.5 Å². The van der Waals surface area contributed by atoms with Crippen molar-refractivity contribution in [3.05, 3.63) is 0 Å². The molecule has 0 heterocycles. The SMILES string of the molecule is Cl[PH+](Cl)Br. The molecule has 0 spiro atoms. The maximum atomic E-state index is 5.06. The van der Waals surface area contributed by atoms with E-state index in [1.807, 2.05) is 0 Å². The van der Waals surface area contributed by atoms with Crippen LogP contribution in [0.5, 0.6) is 0 Å². The Morgan fingerprint density at radius 3 is 1.50 bits per heavy atom. The topological polar surface area (TPSA) is 0 Å². The van der Waals surface area contributed by atoms with Gasteiger partial charge < -0.3 is 0 Å². The molecule has 0 aliphatic carbocycles. The molecule has 0 fully saturated rings. The molecule has 0 radical (unpaired) electrons. The van der Waals surface area contributed by atoms with Gasteiger partial charge in [0.25, 0.3) is 5.33 Å². The molecular formula is HBrCl2P+. The van der Waals surface area contributed by atoms with E-state index in [-0.39, 0.29) is 0 Å². The highest BCUT2D eigenvalue weighted by Gasteiger charge is 1.94. The van der Waals surface area contributed by atoms with Crippen molar-refractivity contribution in [3.63, 3.8) is 0 Å². The van der Waals surface area contributed by atoms with Crippen LogP contribution in [0.25, 0.3) is 0 Å². The minimum Gasteiger partial charge on any atom is 0.117 e. The largest absolute Gasteiger partial charge is 0.267 e. The molecule has 0 unspecified atom stereocenters. The molecule has 0 N–H and O–H groups in total. The molecule has 0 nitrogen and oxygen atoms in total. The van der Waals surface area contributed by atoms with Crippen molar-refractivity contribution >= 4 is 43.3 Å². The van der Waals surface area contributed by atoms with Crippen molar-refractivity contribution < 1.29 is 0 Å². The predicted molar refractivity (Wildman–Crippen MR) is 28.9 cm³/mol. The third-order valence-electron chi connectivity index (χ3n) is 0. The van der Waals surface area contributed by atoms with Crippen LogP contribution in [0.4, 0.5) is 0 Å². The van der Waals surface area contributed by atoms with Gasteiger partial charge in [-0.25, -0.2) is 0 Å². The predicted octanol–water partition coefficient (Wildman–Crippen LogP) is 2.82. The van der Waals surface area contributed by atoms with E-state index >= 15 is 0 Å². The van der Waals surface area contributed by atoms with Crippen LogP contribution in [0, 0.1) is 0 Å². The van der Waals surface area contributed by atoms with Crippen LogP contribution in [0.3, 0.4) is 0 Å². The highest BCUT2D eigenvalue weighted by atomic mass is 79.9. The summed E-state index contributed by atoms with van der Waals surface area (Å²) in [6.07, 6.45) is 0. The van der Waals surface area contributed by atoms with Gasteiger partial charge in [-0.15, -0.1) is 0 Å². The molecule has 0 saturated heterocycles. The lowest BCUT2D eigenvalue weighted by molar-refractivity contribution is 4.79. The third kappa shape index (κ3) is 9.75. The smallest absolute Gasteiger partial charge is 0.117 e. The van der Waals surface area contributed by atoms with E-state index < -0.39 is 5.33 Å². The molecule has 0 aromatic heterocycles. The van der Waals surface area contributed by atoms with Gasteiger partial charge >= 0.3 is 0 Å². The lowest BCUT2D eigenvalue weighted by Gasteiger charge is -1.53. The van der Waals surface area contributed by atoms with E-state index in [0.717, 1.165) is 0 Å². The zero-order chi connectivity index (χ0) is 3.58. The minimum absolute atomic E-state index is 1.12. The van der Waals surface area contributed by atoms with E-state index in [1.165, 1.54) is 0 Å². The Kier molecular flexibility index (Phi) is 3.72. The second-order valence-electron chi connectivity index (χ2n) is 0.214. The second-order valence-corrected chi connectivity index (χ2v) is 8.61. The molecule has 0 aliphatic heterocycles. The zero-order valence-electron chi connectivity index (χ0n) is 1.63. The fraction of sp³-hybridized carbons (Fsp3) is 0. The van der Waals surface area contributed by atoms with Gasteiger partial charge in [-0.3, -0.25) is 0 Å². The molecule has 26 valence electrons. The van der Waals surface area contributed by atoms with Gasteiger partial charge in [-0.2, -0.15) is 0 Å². The Hall–Kier alpha value is 1.49. The quantitative estimate of drug-likeness (QED) is 0.506. The summed E-state index contributed by atoms with van der Waals surface area (Å²) in [7, 11) is 0. The van der Waals surface area contributed by atoms with Crippen molar-refractivity contribution in [2.45, 2.75) is 0 Å². The Bertz CT molecular complexity index is 10.8. The van der Waals surface area contributed by atoms with Crippen molar-refractivity contribution in [1.82, 2.24) is 0 Å². The van der Waals surface area contributed by atoms with Gasteiger partial charge in [0.2, 0.25) is 0 Å². The summed E-state index contributed by atoms with van der Waals surface area (Å²) in [6.45, 7) is 0. The highest BCUT2D eigenvalue weighted by molar-refractivity contribution is 9.44. The monoisotopic (exact) mass is 181 g/mol. The molecule has 0 rings (SSSR count). The summed E-state index contributed by atoms with van der Waals surface area (Å²) in [5.41, 5.74) is 0. The first-order chi connectivity index (χ1) is 1.73. The lowest BCUT2D eigenvalue weighted by Crippen LogP contribution is -0.932. The van der Waals surface area contributed by atoms with Crippen LogP contribution in [-0.2, 0) is 0 Å². The third-order valence-corrected chi connectivity index (χ3v) is 0. The highest BCUT2D eigenvalue weighted by Crippen LogP contribution is 2.54. The van der Waals surface area contributed by atoms with E-state index in [9.17, 15) is 0 Å². The molecule has 4 heteroatoms. The van der Waals surface area contributed by atoms with Crippen LogP contribution >= 0.6 is 43.3 Å². The molecule has 0 amide bonds. The molecule has 0 atom stereocenters. The summed E-state index contributed by atoms with van der Waals surface area (Å²) in [6, 6.07) is 0. The Morgan fingerprint density at radius 1 is 1.50 bits per heavy atom. The molecule has 0 aromatic rings. The van der Waals surface area contributed by atoms with Gasteiger partial charge in [0.15, 0.2) is 15.5 Å². The first-order valence-electron chi connectivity index (χ1n) is 0.567. The number of halogens is 3. The zero-order valence-corrected chi connectivity index (χ0v) is 5.73. The van der Waals surface area contributed by atoms with E-state index in [4.69, 9.17) is 22.5 Å². The Balaban J connectivity index is 2.32. The average Bonchev–Trinajstić information content (AvgIpc) is 0.811. The van der Waals surface area contributed by atoms with Crippen molar-refractivity contribution in [3.8, 4) is 0 Å². The number of rotatable bonds is 0.